The summed E-state index contributed by atoms with van der Waals surface area (Å²) in [5, 5.41) is 21.4. The van der Waals surface area contributed by atoms with Gasteiger partial charge in [-0.2, -0.15) is 0 Å². The van der Waals surface area contributed by atoms with Crippen molar-refractivity contribution in [3.8, 4) is 0 Å². The standard InChI is InChI=1S/C24H20ClNO3/c25-18-8-4-6-16(12-18)20-13-24(20)19-9-1-2-10-21(19)26(23(24)29)14-15-5-3-7-17(11-15)22(27)28/h1-12,20,23,29H,13-14H2,(H,27,28)/t20-,23+,24-/m1/s1. The number of halogens is 1. The van der Waals surface area contributed by atoms with E-state index in [0.29, 0.717) is 11.6 Å². The van der Waals surface area contributed by atoms with Crippen LogP contribution in [0.4, 0.5) is 5.69 Å². The van der Waals surface area contributed by atoms with Gasteiger partial charge in [-0.3, -0.25) is 0 Å². The number of hydrogen-bond donors (Lipinski definition) is 2. The van der Waals surface area contributed by atoms with Crippen molar-refractivity contribution in [2.45, 2.75) is 30.5 Å². The third-order valence-corrected chi connectivity index (χ3v) is 6.49. The molecular formula is C24H20ClNO3. The molecule has 1 aliphatic carbocycles. The maximum absolute atomic E-state index is 11.4. The summed E-state index contributed by atoms with van der Waals surface area (Å²) in [5.41, 5.74) is 4.04. The molecule has 146 valence electrons. The lowest BCUT2D eigenvalue weighted by Gasteiger charge is -2.27. The quantitative estimate of drug-likeness (QED) is 0.654. The minimum Gasteiger partial charge on any atom is -0.478 e. The van der Waals surface area contributed by atoms with Gasteiger partial charge in [0.25, 0.3) is 0 Å². The molecule has 0 aromatic heterocycles. The number of hydrogen-bond acceptors (Lipinski definition) is 3. The maximum atomic E-state index is 11.4. The van der Waals surface area contributed by atoms with E-state index >= 15 is 0 Å². The van der Waals surface area contributed by atoms with E-state index in [9.17, 15) is 15.0 Å². The van der Waals surface area contributed by atoms with Crippen LogP contribution in [-0.4, -0.2) is 22.4 Å². The average Bonchev–Trinajstić information content (AvgIpc) is 3.44. The van der Waals surface area contributed by atoms with Gasteiger partial charge in [-0.25, -0.2) is 4.79 Å². The zero-order valence-corrected chi connectivity index (χ0v) is 16.4. The fourth-order valence-corrected chi connectivity index (χ4v) is 5.04. The van der Waals surface area contributed by atoms with E-state index in [4.69, 9.17) is 11.6 Å². The smallest absolute Gasteiger partial charge is 0.335 e. The second-order valence-corrected chi connectivity index (χ2v) is 8.31. The molecule has 29 heavy (non-hydrogen) atoms. The summed E-state index contributed by atoms with van der Waals surface area (Å²) < 4.78 is 0. The number of aliphatic hydroxyl groups is 1. The number of rotatable bonds is 4. The molecule has 0 saturated heterocycles. The Hall–Kier alpha value is -2.82. The number of aromatic carboxylic acids is 1. The van der Waals surface area contributed by atoms with Crippen LogP contribution in [0.25, 0.3) is 0 Å². The van der Waals surface area contributed by atoms with E-state index in [1.54, 1.807) is 18.2 Å². The van der Waals surface area contributed by atoms with Crippen LogP contribution in [0.3, 0.4) is 0 Å². The van der Waals surface area contributed by atoms with Crippen LogP contribution in [0.2, 0.25) is 5.02 Å². The lowest BCUT2D eigenvalue weighted by Crippen LogP contribution is -2.37. The first-order chi connectivity index (χ1) is 14.0. The van der Waals surface area contributed by atoms with E-state index in [-0.39, 0.29) is 16.9 Å². The normalized spacial score (nSPS) is 24.6. The Labute approximate surface area is 174 Å². The van der Waals surface area contributed by atoms with Gasteiger partial charge in [0.15, 0.2) is 0 Å². The zero-order valence-electron chi connectivity index (χ0n) is 15.6. The lowest BCUT2D eigenvalue weighted by molar-refractivity contribution is 0.0696. The molecule has 1 heterocycles. The van der Waals surface area contributed by atoms with Gasteiger partial charge in [0, 0.05) is 22.7 Å². The van der Waals surface area contributed by atoms with E-state index < -0.39 is 12.2 Å². The second-order valence-electron chi connectivity index (χ2n) is 7.88. The summed E-state index contributed by atoms with van der Waals surface area (Å²) in [7, 11) is 0. The third kappa shape index (κ3) is 2.83. The van der Waals surface area contributed by atoms with Crippen LogP contribution >= 0.6 is 11.6 Å². The molecule has 3 aromatic carbocycles. The van der Waals surface area contributed by atoms with Crippen molar-refractivity contribution in [1.82, 2.24) is 0 Å². The summed E-state index contributed by atoms with van der Waals surface area (Å²) >= 11 is 6.20. The van der Waals surface area contributed by atoms with Gasteiger partial charge in [-0.15, -0.1) is 0 Å². The van der Waals surface area contributed by atoms with Gasteiger partial charge in [0.1, 0.15) is 6.23 Å². The molecule has 2 aliphatic rings. The maximum Gasteiger partial charge on any atom is 0.335 e. The number of nitrogens with zero attached hydrogens (tertiary/aromatic N) is 1. The molecule has 0 amide bonds. The SMILES string of the molecule is O=C(O)c1cccc(CN2c3ccccc3[C@@]3(C[C@@H]3c3cccc(Cl)c3)[C@@H]2O)c1. The molecule has 1 spiro atoms. The largest absolute Gasteiger partial charge is 0.478 e. The predicted molar refractivity (Wildman–Crippen MR) is 113 cm³/mol. The summed E-state index contributed by atoms with van der Waals surface area (Å²) in [6.07, 6.45) is 0.175. The number of carbonyl (C=O) groups is 1. The van der Waals surface area contributed by atoms with Crippen LogP contribution in [0.5, 0.6) is 0 Å². The van der Waals surface area contributed by atoms with Crippen molar-refractivity contribution in [3.05, 3.63) is 100 Å². The molecule has 3 atom stereocenters. The summed E-state index contributed by atoms with van der Waals surface area (Å²) in [6.45, 7) is 0.448. The fourth-order valence-electron chi connectivity index (χ4n) is 4.84. The average molecular weight is 406 g/mol. The highest BCUT2D eigenvalue weighted by Gasteiger charge is 2.66. The topological polar surface area (TPSA) is 60.8 Å². The first-order valence-electron chi connectivity index (χ1n) is 9.62. The number of aliphatic hydroxyl groups excluding tert-OH is 1. The molecule has 4 nitrogen and oxygen atoms in total. The minimum absolute atomic E-state index is 0.202. The Kier molecular flexibility index (Phi) is 4.16. The van der Waals surface area contributed by atoms with E-state index in [1.165, 1.54) is 0 Å². The Balaban J connectivity index is 1.51. The van der Waals surface area contributed by atoms with Crippen LogP contribution in [0.1, 0.15) is 39.4 Å². The zero-order chi connectivity index (χ0) is 20.2. The molecule has 1 saturated carbocycles. The predicted octanol–water partition coefficient (Wildman–Crippen LogP) is 4.80. The van der Waals surface area contributed by atoms with E-state index in [1.807, 2.05) is 47.4 Å². The van der Waals surface area contributed by atoms with Gasteiger partial charge in [-0.1, -0.05) is 54.1 Å². The minimum atomic E-state index is -0.950. The van der Waals surface area contributed by atoms with Crippen molar-refractivity contribution in [2.24, 2.45) is 0 Å². The number of carboxylic acid groups (broad SMARTS) is 1. The lowest BCUT2D eigenvalue weighted by atomic mass is 9.91. The Morgan fingerprint density at radius 3 is 2.66 bits per heavy atom. The molecular weight excluding hydrogens is 386 g/mol. The third-order valence-electron chi connectivity index (χ3n) is 6.25. The van der Waals surface area contributed by atoms with Gasteiger partial charge in [0.2, 0.25) is 0 Å². The number of carboxylic acids is 1. The molecule has 5 rings (SSSR count). The van der Waals surface area contributed by atoms with Crippen molar-refractivity contribution < 1.29 is 15.0 Å². The Morgan fingerprint density at radius 1 is 1.07 bits per heavy atom. The van der Waals surface area contributed by atoms with Crippen LogP contribution < -0.4 is 4.90 Å². The number of fused-ring (bicyclic) bond motifs is 2. The van der Waals surface area contributed by atoms with Gasteiger partial charge in [0.05, 0.1) is 5.56 Å². The summed E-state index contributed by atoms with van der Waals surface area (Å²) in [6, 6.07) is 22.9. The van der Waals surface area contributed by atoms with Crippen molar-refractivity contribution >= 4 is 23.3 Å². The van der Waals surface area contributed by atoms with Gasteiger partial charge < -0.3 is 15.1 Å². The monoisotopic (exact) mass is 405 g/mol. The number of benzene rings is 3. The number of para-hydroxylation sites is 1. The van der Waals surface area contributed by atoms with Crippen molar-refractivity contribution in [1.29, 1.82) is 0 Å². The van der Waals surface area contributed by atoms with Gasteiger partial charge in [-0.05, 0) is 59.4 Å². The van der Waals surface area contributed by atoms with Crippen LogP contribution in [-0.2, 0) is 12.0 Å². The molecule has 0 unspecified atom stereocenters. The van der Waals surface area contributed by atoms with E-state index in [0.717, 1.165) is 28.8 Å². The van der Waals surface area contributed by atoms with E-state index in [2.05, 4.69) is 12.1 Å². The summed E-state index contributed by atoms with van der Waals surface area (Å²) in [5.74, 6) is -0.749. The van der Waals surface area contributed by atoms with Crippen molar-refractivity contribution in [3.63, 3.8) is 0 Å². The Morgan fingerprint density at radius 2 is 1.86 bits per heavy atom. The fraction of sp³-hybridized carbons (Fsp3) is 0.208. The number of anilines is 1. The van der Waals surface area contributed by atoms with Crippen LogP contribution in [0.15, 0.2) is 72.8 Å². The molecule has 3 aromatic rings. The van der Waals surface area contributed by atoms with Gasteiger partial charge >= 0.3 is 5.97 Å². The first-order valence-corrected chi connectivity index (χ1v) is 10.0. The Bertz CT molecular complexity index is 1110. The molecule has 1 aliphatic heterocycles. The highest BCUT2D eigenvalue weighted by atomic mass is 35.5. The molecule has 0 bridgehead atoms. The highest BCUT2D eigenvalue weighted by Crippen LogP contribution is 2.68. The molecule has 2 N–H and O–H groups in total. The first kappa shape index (κ1) is 18.2. The second kappa shape index (κ2) is 6.61. The highest BCUT2D eigenvalue weighted by molar-refractivity contribution is 6.30. The molecule has 5 heteroatoms. The van der Waals surface area contributed by atoms with Crippen LogP contribution in [0, 0.1) is 0 Å². The molecule has 1 fully saturated rings. The molecule has 0 radical (unpaired) electrons. The van der Waals surface area contributed by atoms with Crippen molar-refractivity contribution in [2.75, 3.05) is 4.90 Å². The summed E-state index contributed by atoms with van der Waals surface area (Å²) in [4.78, 5) is 13.3.